The predicted octanol–water partition coefficient (Wildman–Crippen LogP) is 3.12. The number of thiazole rings is 1. The molecule has 1 aromatic carbocycles. The van der Waals surface area contributed by atoms with Crippen LogP contribution in [0.1, 0.15) is 16.1 Å². The van der Waals surface area contributed by atoms with Crippen molar-refractivity contribution >= 4 is 17.2 Å². The van der Waals surface area contributed by atoms with E-state index in [-0.39, 0.29) is 5.91 Å². The van der Waals surface area contributed by atoms with Gasteiger partial charge in [-0.3, -0.25) is 4.79 Å². The number of nitrogens with zero attached hydrogens (tertiary/aromatic N) is 2. The van der Waals surface area contributed by atoms with E-state index in [1.807, 2.05) is 0 Å². The molecule has 2 aliphatic rings. The van der Waals surface area contributed by atoms with E-state index in [9.17, 15) is 18.0 Å². The summed E-state index contributed by atoms with van der Waals surface area (Å²) < 4.78 is 38.6. The highest BCUT2D eigenvalue weighted by atomic mass is 32.1. The topological polar surface area (TPSA) is 45.2 Å². The number of hydrogen-bond acceptors (Lipinski definition) is 4. The summed E-state index contributed by atoms with van der Waals surface area (Å²) >= 11 is 1.19. The van der Waals surface area contributed by atoms with Gasteiger partial charge in [0.05, 0.1) is 5.56 Å². The summed E-state index contributed by atoms with van der Waals surface area (Å²) in [6, 6.07) is 5.03. The molecule has 132 valence electrons. The molecule has 1 N–H and O–H groups in total. The molecule has 3 heterocycles. The van der Waals surface area contributed by atoms with Gasteiger partial charge in [-0.25, -0.2) is 4.98 Å². The molecule has 2 saturated heterocycles. The number of benzene rings is 1. The van der Waals surface area contributed by atoms with Gasteiger partial charge in [0.2, 0.25) is 0 Å². The van der Waals surface area contributed by atoms with Crippen molar-refractivity contribution in [2.45, 2.75) is 6.18 Å². The first-order chi connectivity index (χ1) is 11.9. The molecule has 2 fully saturated rings. The molecule has 8 heteroatoms. The van der Waals surface area contributed by atoms with Crippen molar-refractivity contribution < 1.29 is 18.0 Å². The number of carbonyl (C=O) groups is 1. The third-order valence-electron chi connectivity index (χ3n) is 4.84. The van der Waals surface area contributed by atoms with E-state index < -0.39 is 11.7 Å². The smallest absolute Gasteiger partial charge is 0.337 e. The van der Waals surface area contributed by atoms with Crippen molar-refractivity contribution in [3.8, 4) is 10.6 Å². The largest absolute Gasteiger partial charge is 0.416 e. The Hall–Kier alpha value is -1.93. The second-order valence-corrected chi connectivity index (χ2v) is 7.36. The average molecular weight is 367 g/mol. The van der Waals surface area contributed by atoms with E-state index in [0.29, 0.717) is 41.2 Å². The number of fused-ring (bicyclic) bond motifs is 1. The number of aromatic nitrogens is 1. The molecular weight excluding hydrogens is 351 g/mol. The molecule has 1 aromatic heterocycles. The van der Waals surface area contributed by atoms with Gasteiger partial charge in [-0.2, -0.15) is 13.2 Å². The van der Waals surface area contributed by atoms with E-state index in [0.717, 1.165) is 25.2 Å². The van der Waals surface area contributed by atoms with Crippen LogP contribution in [0.5, 0.6) is 0 Å². The monoisotopic (exact) mass is 367 g/mol. The Balaban J connectivity index is 1.53. The zero-order valence-electron chi connectivity index (χ0n) is 13.2. The minimum Gasteiger partial charge on any atom is -0.337 e. The molecule has 25 heavy (non-hydrogen) atoms. The van der Waals surface area contributed by atoms with E-state index in [4.69, 9.17) is 0 Å². The Morgan fingerprint density at radius 3 is 2.64 bits per heavy atom. The highest BCUT2D eigenvalue weighted by molar-refractivity contribution is 7.13. The zero-order chi connectivity index (χ0) is 17.6. The fourth-order valence-electron chi connectivity index (χ4n) is 3.52. The third-order valence-corrected chi connectivity index (χ3v) is 5.73. The Morgan fingerprint density at radius 1 is 1.24 bits per heavy atom. The highest BCUT2D eigenvalue weighted by Crippen LogP contribution is 2.33. The van der Waals surface area contributed by atoms with Crippen molar-refractivity contribution in [1.29, 1.82) is 0 Å². The third kappa shape index (κ3) is 3.16. The molecule has 0 spiro atoms. The van der Waals surface area contributed by atoms with Gasteiger partial charge in [0, 0.05) is 37.1 Å². The molecule has 4 nitrogen and oxygen atoms in total. The molecule has 0 unspecified atom stereocenters. The fraction of sp³-hybridized carbons (Fsp3) is 0.412. The van der Waals surface area contributed by atoms with Crippen molar-refractivity contribution in [3.63, 3.8) is 0 Å². The number of carbonyl (C=O) groups excluding carboxylic acids is 1. The van der Waals surface area contributed by atoms with E-state index in [1.165, 1.54) is 17.4 Å². The number of nitrogens with one attached hydrogen (secondary N) is 1. The van der Waals surface area contributed by atoms with Crippen LogP contribution < -0.4 is 5.32 Å². The second kappa shape index (κ2) is 6.10. The zero-order valence-corrected chi connectivity index (χ0v) is 14.0. The molecule has 0 bridgehead atoms. The summed E-state index contributed by atoms with van der Waals surface area (Å²) in [6.45, 7) is 3.29. The lowest BCUT2D eigenvalue weighted by Crippen LogP contribution is -2.32. The van der Waals surface area contributed by atoms with Crippen molar-refractivity contribution in [2.75, 3.05) is 26.2 Å². The van der Waals surface area contributed by atoms with Crippen LogP contribution >= 0.6 is 11.3 Å². The summed E-state index contributed by atoms with van der Waals surface area (Å²) in [4.78, 5) is 18.7. The molecule has 0 aliphatic carbocycles. The van der Waals surface area contributed by atoms with Crippen LogP contribution in [0.25, 0.3) is 10.6 Å². The van der Waals surface area contributed by atoms with Crippen LogP contribution in [0.15, 0.2) is 29.6 Å². The Morgan fingerprint density at radius 2 is 1.96 bits per heavy atom. The molecule has 2 atom stereocenters. The SMILES string of the molecule is O=C(c1csc(-c2cccc(C(F)(F)F)c2)n1)N1C[C@H]2CNC[C@H]2C1. The minimum absolute atomic E-state index is 0.135. The number of halogens is 3. The number of hydrogen-bond donors (Lipinski definition) is 1. The van der Waals surface area contributed by atoms with Gasteiger partial charge < -0.3 is 10.2 Å². The standard InChI is InChI=1S/C17H16F3N3OS/c18-17(19,20)13-3-1-2-10(4-13)15-22-14(9-25-15)16(24)23-7-11-5-21-6-12(11)8-23/h1-4,9,11-12,21H,5-8H2/t11-,12+. The lowest BCUT2D eigenvalue weighted by molar-refractivity contribution is -0.137. The Bertz CT molecular complexity index is 792. The molecule has 1 amide bonds. The quantitative estimate of drug-likeness (QED) is 0.887. The van der Waals surface area contributed by atoms with E-state index >= 15 is 0 Å². The lowest BCUT2D eigenvalue weighted by atomic mass is 10.0. The first-order valence-corrected chi connectivity index (χ1v) is 8.93. The second-order valence-electron chi connectivity index (χ2n) is 6.51. The Labute approximate surface area is 146 Å². The van der Waals surface area contributed by atoms with Crippen molar-refractivity contribution in [3.05, 3.63) is 40.9 Å². The normalized spacial score (nSPS) is 23.1. The van der Waals surface area contributed by atoms with Gasteiger partial charge in [0.1, 0.15) is 10.7 Å². The van der Waals surface area contributed by atoms with Crippen molar-refractivity contribution in [1.82, 2.24) is 15.2 Å². The summed E-state index contributed by atoms with van der Waals surface area (Å²) in [6.07, 6.45) is -4.40. The molecule has 4 rings (SSSR count). The summed E-state index contributed by atoms with van der Waals surface area (Å²) in [5, 5.41) is 5.38. The fourth-order valence-corrected chi connectivity index (χ4v) is 4.31. The Kier molecular flexibility index (Phi) is 4.04. The van der Waals surface area contributed by atoms with Crippen LogP contribution in [0.3, 0.4) is 0 Å². The van der Waals surface area contributed by atoms with E-state index in [2.05, 4.69) is 10.3 Å². The first-order valence-electron chi connectivity index (χ1n) is 8.05. The molecule has 0 radical (unpaired) electrons. The van der Waals surface area contributed by atoms with E-state index in [1.54, 1.807) is 16.3 Å². The summed E-state index contributed by atoms with van der Waals surface area (Å²) in [5.41, 5.74) is -0.0281. The van der Waals surface area contributed by atoms with Crippen LogP contribution in [0.2, 0.25) is 0 Å². The minimum atomic E-state index is -4.40. The molecule has 0 saturated carbocycles. The number of rotatable bonds is 2. The van der Waals surface area contributed by atoms with Crippen LogP contribution in [-0.2, 0) is 6.18 Å². The average Bonchev–Trinajstić information content (AvgIpc) is 3.29. The van der Waals surface area contributed by atoms with Gasteiger partial charge in [0.25, 0.3) is 5.91 Å². The van der Waals surface area contributed by atoms with Gasteiger partial charge in [-0.1, -0.05) is 12.1 Å². The first kappa shape index (κ1) is 16.5. The number of alkyl halides is 3. The van der Waals surface area contributed by atoms with Crippen LogP contribution in [0, 0.1) is 11.8 Å². The number of amides is 1. The van der Waals surface area contributed by atoms with Gasteiger partial charge in [0.15, 0.2) is 0 Å². The maximum Gasteiger partial charge on any atom is 0.416 e. The molecule has 2 aliphatic heterocycles. The van der Waals surface area contributed by atoms with Crippen LogP contribution in [-0.4, -0.2) is 42.0 Å². The van der Waals surface area contributed by atoms with Gasteiger partial charge in [-0.05, 0) is 24.0 Å². The van der Waals surface area contributed by atoms with Gasteiger partial charge >= 0.3 is 6.18 Å². The number of likely N-dealkylation sites (tertiary alicyclic amines) is 1. The van der Waals surface area contributed by atoms with Crippen LogP contribution in [0.4, 0.5) is 13.2 Å². The highest BCUT2D eigenvalue weighted by Gasteiger charge is 2.38. The predicted molar refractivity (Wildman–Crippen MR) is 88.3 cm³/mol. The summed E-state index contributed by atoms with van der Waals surface area (Å²) in [7, 11) is 0. The summed E-state index contributed by atoms with van der Waals surface area (Å²) in [5.74, 6) is 0.847. The molecular formula is C17H16F3N3OS. The van der Waals surface area contributed by atoms with Crippen molar-refractivity contribution in [2.24, 2.45) is 11.8 Å². The lowest BCUT2D eigenvalue weighted by Gasteiger charge is -2.15. The maximum atomic E-state index is 12.9. The molecule has 2 aromatic rings. The van der Waals surface area contributed by atoms with Gasteiger partial charge in [-0.15, -0.1) is 11.3 Å². The maximum absolute atomic E-state index is 12.9.